The molecule has 2 aromatic heterocycles. The number of aromatic nitrogens is 4. The van der Waals surface area contributed by atoms with Gasteiger partial charge in [-0.2, -0.15) is 0 Å². The highest BCUT2D eigenvalue weighted by atomic mass is 16.1. The summed E-state index contributed by atoms with van der Waals surface area (Å²) < 4.78 is 1.83. The number of carbonyl (C=O) groups is 1. The van der Waals surface area contributed by atoms with Crippen molar-refractivity contribution in [3.8, 4) is 0 Å². The van der Waals surface area contributed by atoms with Crippen LogP contribution in [0.1, 0.15) is 34.9 Å². The molecule has 0 saturated carbocycles. The Bertz CT molecular complexity index is 574. The quantitative estimate of drug-likeness (QED) is 0.841. The van der Waals surface area contributed by atoms with Crippen molar-refractivity contribution in [1.82, 2.24) is 25.3 Å². The molecule has 0 aromatic carbocycles. The summed E-state index contributed by atoms with van der Waals surface area (Å²) in [6, 6.07) is 4.04. The average Bonchev–Trinajstić information content (AvgIpc) is 2.99. The molecule has 0 unspecified atom stereocenters. The Kier molecular flexibility index (Phi) is 3.83. The highest BCUT2D eigenvalue weighted by molar-refractivity contribution is 5.95. The van der Waals surface area contributed by atoms with Gasteiger partial charge in [-0.15, -0.1) is 5.10 Å². The average molecular weight is 271 g/mol. The SMILES string of the molecule is O=C(Cc1ccncc1)c1cn(C2CCNCC2)nn1. The largest absolute Gasteiger partial charge is 0.317 e. The summed E-state index contributed by atoms with van der Waals surface area (Å²) in [7, 11) is 0. The molecule has 1 saturated heterocycles. The Hall–Kier alpha value is -2.08. The van der Waals surface area contributed by atoms with E-state index in [0.29, 0.717) is 18.2 Å². The fourth-order valence-corrected chi connectivity index (χ4v) is 2.43. The molecule has 3 rings (SSSR count). The first-order chi connectivity index (χ1) is 9.83. The smallest absolute Gasteiger partial charge is 0.189 e. The van der Waals surface area contributed by atoms with Crippen molar-refractivity contribution >= 4 is 5.78 Å². The third-order valence-electron chi connectivity index (χ3n) is 3.59. The van der Waals surface area contributed by atoms with Crippen LogP contribution in [0.2, 0.25) is 0 Å². The van der Waals surface area contributed by atoms with Crippen LogP contribution in [0.3, 0.4) is 0 Å². The molecule has 20 heavy (non-hydrogen) atoms. The molecule has 6 heteroatoms. The third kappa shape index (κ3) is 2.91. The summed E-state index contributed by atoms with van der Waals surface area (Å²) in [6.45, 7) is 1.98. The van der Waals surface area contributed by atoms with Gasteiger partial charge in [0, 0.05) is 18.8 Å². The first-order valence-corrected chi connectivity index (χ1v) is 6.87. The van der Waals surface area contributed by atoms with E-state index in [9.17, 15) is 4.79 Å². The summed E-state index contributed by atoms with van der Waals surface area (Å²) in [6.07, 6.45) is 7.55. The highest BCUT2D eigenvalue weighted by Crippen LogP contribution is 2.17. The molecule has 1 aliphatic rings. The van der Waals surface area contributed by atoms with Crippen molar-refractivity contribution in [3.05, 3.63) is 42.0 Å². The molecule has 104 valence electrons. The van der Waals surface area contributed by atoms with E-state index in [2.05, 4.69) is 20.6 Å². The predicted molar refractivity (Wildman–Crippen MR) is 73.4 cm³/mol. The zero-order valence-corrected chi connectivity index (χ0v) is 11.2. The Balaban J connectivity index is 1.68. The van der Waals surface area contributed by atoms with Crippen molar-refractivity contribution in [3.63, 3.8) is 0 Å². The maximum Gasteiger partial charge on any atom is 0.189 e. The van der Waals surface area contributed by atoms with Crippen LogP contribution < -0.4 is 5.32 Å². The molecule has 0 atom stereocenters. The Labute approximate surface area is 117 Å². The van der Waals surface area contributed by atoms with Crippen LogP contribution in [0.15, 0.2) is 30.7 Å². The monoisotopic (exact) mass is 271 g/mol. The normalized spacial score (nSPS) is 16.2. The minimum absolute atomic E-state index is 0.00335. The fraction of sp³-hybridized carbons (Fsp3) is 0.429. The molecule has 1 N–H and O–H groups in total. The Morgan fingerprint density at radius 1 is 1.30 bits per heavy atom. The lowest BCUT2D eigenvalue weighted by Gasteiger charge is -2.22. The number of ketones is 1. The van der Waals surface area contributed by atoms with Gasteiger partial charge < -0.3 is 5.32 Å². The number of carbonyl (C=O) groups excluding carboxylic acids is 1. The van der Waals surface area contributed by atoms with E-state index >= 15 is 0 Å². The summed E-state index contributed by atoms with van der Waals surface area (Å²) in [5.74, 6) is -0.00335. The highest BCUT2D eigenvalue weighted by Gasteiger charge is 2.18. The number of hydrogen-bond donors (Lipinski definition) is 1. The lowest BCUT2D eigenvalue weighted by molar-refractivity contribution is 0.0988. The molecule has 0 aliphatic carbocycles. The number of piperidine rings is 1. The topological polar surface area (TPSA) is 72.7 Å². The van der Waals surface area contributed by atoms with E-state index in [0.717, 1.165) is 31.5 Å². The van der Waals surface area contributed by atoms with Crippen LogP contribution in [0.25, 0.3) is 0 Å². The van der Waals surface area contributed by atoms with E-state index in [1.807, 2.05) is 16.8 Å². The van der Waals surface area contributed by atoms with E-state index in [1.54, 1.807) is 18.6 Å². The van der Waals surface area contributed by atoms with Gasteiger partial charge in [0.25, 0.3) is 0 Å². The molecule has 2 aromatic rings. The predicted octanol–water partition coefficient (Wildman–Crippen LogP) is 1.02. The van der Waals surface area contributed by atoms with Gasteiger partial charge in [0.15, 0.2) is 5.78 Å². The van der Waals surface area contributed by atoms with Gasteiger partial charge in [0.1, 0.15) is 5.69 Å². The molecule has 6 nitrogen and oxygen atoms in total. The van der Waals surface area contributed by atoms with Crippen molar-refractivity contribution in [2.45, 2.75) is 25.3 Å². The van der Waals surface area contributed by atoms with E-state index in [1.165, 1.54) is 0 Å². The van der Waals surface area contributed by atoms with Gasteiger partial charge in [0.05, 0.1) is 12.2 Å². The number of rotatable bonds is 4. The van der Waals surface area contributed by atoms with E-state index in [4.69, 9.17) is 0 Å². The third-order valence-corrected chi connectivity index (χ3v) is 3.59. The molecular weight excluding hydrogens is 254 g/mol. The lowest BCUT2D eigenvalue weighted by atomic mass is 10.1. The van der Waals surface area contributed by atoms with Gasteiger partial charge in [-0.05, 0) is 43.6 Å². The molecule has 0 bridgehead atoms. The van der Waals surface area contributed by atoms with Crippen molar-refractivity contribution in [1.29, 1.82) is 0 Å². The zero-order valence-electron chi connectivity index (χ0n) is 11.2. The Morgan fingerprint density at radius 2 is 2.05 bits per heavy atom. The molecular formula is C14H17N5O. The maximum absolute atomic E-state index is 12.2. The standard InChI is InChI=1S/C14H17N5O/c20-14(9-11-1-5-15-6-2-11)13-10-19(18-17-13)12-3-7-16-8-4-12/h1-2,5-6,10,12,16H,3-4,7-9H2. The minimum atomic E-state index is -0.00335. The first kappa shape index (κ1) is 12.9. The number of nitrogens with zero attached hydrogens (tertiary/aromatic N) is 4. The van der Waals surface area contributed by atoms with E-state index < -0.39 is 0 Å². The molecule has 0 radical (unpaired) electrons. The van der Waals surface area contributed by atoms with Crippen molar-refractivity contribution in [2.24, 2.45) is 0 Å². The second-order valence-electron chi connectivity index (χ2n) is 5.02. The lowest BCUT2D eigenvalue weighted by Crippen LogP contribution is -2.29. The van der Waals surface area contributed by atoms with Crippen LogP contribution >= 0.6 is 0 Å². The van der Waals surface area contributed by atoms with Gasteiger partial charge >= 0.3 is 0 Å². The summed E-state index contributed by atoms with van der Waals surface area (Å²) in [5, 5.41) is 11.4. The minimum Gasteiger partial charge on any atom is -0.317 e. The van der Waals surface area contributed by atoms with Crippen LogP contribution in [-0.2, 0) is 6.42 Å². The van der Waals surface area contributed by atoms with Crippen molar-refractivity contribution < 1.29 is 4.79 Å². The van der Waals surface area contributed by atoms with Crippen molar-refractivity contribution in [2.75, 3.05) is 13.1 Å². The summed E-state index contributed by atoms with van der Waals surface area (Å²) >= 11 is 0. The van der Waals surface area contributed by atoms with Crippen LogP contribution in [-0.4, -0.2) is 38.9 Å². The number of nitrogens with one attached hydrogen (secondary N) is 1. The van der Waals surface area contributed by atoms with Gasteiger partial charge in [-0.1, -0.05) is 5.21 Å². The summed E-state index contributed by atoms with van der Waals surface area (Å²) in [5.41, 5.74) is 1.39. The fourth-order valence-electron chi connectivity index (χ4n) is 2.43. The van der Waals surface area contributed by atoms with Crippen LogP contribution in [0, 0.1) is 0 Å². The molecule has 0 amide bonds. The van der Waals surface area contributed by atoms with Crippen LogP contribution in [0.4, 0.5) is 0 Å². The number of Topliss-reactive ketones (excluding diaryl/α,β-unsaturated/α-hetero) is 1. The molecule has 0 spiro atoms. The maximum atomic E-state index is 12.2. The number of pyridine rings is 1. The molecule has 1 fully saturated rings. The second kappa shape index (κ2) is 5.92. The molecule has 3 heterocycles. The number of hydrogen-bond acceptors (Lipinski definition) is 5. The van der Waals surface area contributed by atoms with E-state index in [-0.39, 0.29) is 5.78 Å². The zero-order chi connectivity index (χ0) is 13.8. The summed E-state index contributed by atoms with van der Waals surface area (Å²) in [4.78, 5) is 16.1. The first-order valence-electron chi connectivity index (χ1n) is 6.87. The van der Waals surface area contributed by atoms with Gasteiger partial charge in [-0.25, -0.2) is 4.68 Å². The van der Waals surface area contributed by atoms with Gasteiger partial charge in [0.2, 0.25) is 0 Å². The molecule has 1 aliphatic heterocycles. The van der Waals surface area contributed by atoms with Gasteiger partial charge in [-0.3, -0.25) is 9.78 Å². The Morgan fingerprint density at radius 3 is 2.80 bits per heavy atom. The van der Waals surface area contributed by atoms with Crippen LogP contribution in [0.5, 0.6) is 0 Å². The second-order valence-corrected chi connectivity index (χ2v) is 5.02.